The van der Waals surface area contributed by atoms with E-state index in [1.807, 2.05) is 6.92 Å². The third-order valence-electron chi connectivity index (χ3n) is 2.84. The van der Waals surface area contributed by atoms with Crippen LogP contribution in [0.3, 0.4) is 0 Å². The van der Waals surface area contributed by atoms with Gasteiger partial charge in [-0.05, 0) is 25.8 Å². The van der Waals surface area contributed by atoms with Crippen molar-refractivity contribution in [1.29, 1.82) is 0 Å². The molecule has 0 spiro atoms. The number of nitrogens with zero attached hydrogens (tertiary/aromatic N) is 1. The first kappa shape index (κ1) is 12.6. The van der Waals surface area contributed by atoms with Gasteiger partial charge in [0.25, 0.3) is 0 Å². The Bertz CT molecular complexity index is 477. The van der Waals surface area contributed by atoms with Gasteiger partial charge in [-0.2, -0.15) is 5.10 Å². The van der Waals surface area contributed by atoms with Crippen molar-refractivity contribution in [3.8, 4) is 0 Å². The summed E-state index contributed by atoms with van der Waals surface area (Å²) < 4.78 is 22.2. The molecule has 1 aromatic heterocycles. The Morgan fingerprint density at radius 2 is 2.29 bits per heavy atom. The first-order chi connectivity index (χ1) is 7.94. The molecule has 17 heavy (non-hydrogen) atoms. The minimum atomic E-state index is -2.91. The van der Waals surface area contributed by atoms with Crippen LogP contribution < -0.4 is 5.32 Å². The lowest BCUT2D eigenvalue weighted by Gasteiger charge is -2.11. The molecule has 0 amide bonds. The number of hydrogen-bond donors (Lipinski definition) is 2. The van der Waals surface area contributed by atoms with Crippen LogP contribution in [0.25, 0.3) is 0 Å². The molecular weight excluding hydrogens is 238 g/mol. The van der Waals surface area contributed by atoms with Crippen LogP contribution in [-0.4, -0.2) is 36.7 Å². The van der Waals surface area contributed by atoms with Crippen LogP contribution in [0.1, 0.15) is 37.1 Å². The second-order valence-corrected chi connectivity index (χ2v) is 7.15. The topological polar surface area (TPSA) is 74.8 Å². The second kappa shape index (κ2) is 4.78. The van der Waals surface area contributed by atoms with Gasteiger partial charge in [0.15, 0.2) is 0 Å². The van der Waals surface area contributed by atoms with Crippen LogP contribution in [-0.2, 0) is 16.4 Å². The van der Waals surface area contributed by atoms with Gasteiger partial charge in [0, 0.05) is 30.5 Å². The van der Waals surface area contributed by atoms with Crippen molar-refractivity contribution in [2.45, 2.75) is 38.3 Å². The van der Waals surface area contributed by atoms with E-state index in [-0.39, 0.29) is 11.8 Å². The summed E-state index contributed by atoms with van der Waals surface area (Å²) in [5.41, 5.74) is 2.16. The van der Waals surface area contributed by atoms with Crippen molar-refractivity contribution < 1.29 is 8.42 Å². The molecule has 1 atom stereocenters. The van der Waals surface area contributed by atoms with Gasteiger partial charge < -0.3 is 5.32 Å². The standard InChI is InChI=1S/C11H19N3O2S/c1-8(7-17(2,15)16)12-6-10-5-11(14-13-10)9-3-4-9/h5,8-9,12H,3-4,6-7H2,1-2H3,(H,13,14). The molecule has 1 saturated carbocycles. The summed E-state index contributed by atoms with van der Waals surface area (Å²) in [6.07, 6.45) is 3.73. The summed E-state index contributed by atoms with van der Waals surface area (Å²) in [7, 11) is -2.91. The van der Waals surface area contributed by atoms with E-state index in [1.165, 1.54) is 19.1 Å². The van der Waals surface area contributed by atoms with Crippen LogP contribution in [0.5, 0.6) is 0 Å². The summed E-state index contributed by atoms with van der Waals surface area (Å²) >= 11 is 0. The van der Waals surface area contributed by atoms with Crippen LogP contribution in [0.2, 0.25) is 0 Å². The Hall–Kier alpha value is -0.880. The SMILES string of the molecule is CC(CS(C)(=O)=O)NCc1cc(C2CC2)n[nH]1. The Balaban J connectivity index is 1.80. The molecule has 0 radical (unpaired) electrons. The van der Waals surface area contributed by atoms with E-state index in [2.05, 4.69) is 21.6 Å². The highest BCUT2D eigenvalue weighted by Crippen LogP contribution is 2.38. The van der Waals surface area contributed by atoms with Crippen molar-refractivity contribution in [2.75, 3.05) is 12.0 Å². The number of sulfone groups is 1. The maximum absolute atomic E-state index is 11.1. The molecule has 96 valence electrons. The normalized spacial score (nSPS) is 18.2. The smallest absolute Gasteiger partial charge is 0.148 e. The van der Waals surface area contributed by atoms with E-state index in [1.54, 1.807) is 0 Å². The van der Waals surface area contributed by atoms with Gasteiger partial charge >= 0.3 is 0 Å². The number of H-pyrrole nitrogens is 1. The Morgan fingerprint density at radius 3 is 2.88 bits per heavy atom. The molecule has 1 aliphatic carbocycles. The molecular formula is C11H19N3O2S. The molecule has 0 aromatic carbocycles. The first-order valence-corrected chi connectivity index (χ1v) is 7.95. The van der Waals surface area contributed by atoms with Gasteiger partial charge in [-0.1, -0.05) is 0 Å². The zero-order chi connectivity index (χ0) is 12.5. The molecule has 1 unspecified atom stereocenters. The highest BCUT2D eigenvalue weighted by Gasteiger charge is 2.26. The Morgan fingerprint density at radius 1 is 1.59 bits per heavy atom. The van der Waals surface area contributed by atoms with Gasteiger partial charge in [0.05, 0.1) is 11.4 Å². The van der Waals surface area contributed by atoms with Crippen LogP contribution >= 0.6 is 0 Å². The van der Waals surface area contributed by atoms with E-state index in [9.17, 15) is 8.42 Å². The zero-order valence-electron chi connectivity index (χ0n) is 10.2. The zero-order valence-corrected chi connectivity index (χ0v) is 11.0. The van der Waals surface area contributed by atoms with Gasteiger partial charge in [0.2, 0.25) is 0 Å². The van der Waals surface area contributed by atoms with E-state index in [0.717, 1.165) is 11.4 Å². The molecule has 6 heteroatoms. The number of rotatable bonds is 6. The Labute approximate surface area is 102 Å². The molecule has 0 saturated heterocycles. The molecule has 0 bridgehead atoms. The van der Waals surface area contributed by atoms with Crippen molar-refractivity contribution in [2.24, 2.45) is 0 Å². The largest absolute Gasteiger partial charge is 0.308 e. The number of hydrogen-bond acceptors (Lipinski definition) is 4. The number of aromatic nitrogens is 2. The van der Waals surface area contributed by atoms with Crippen molar-refractivity contribution in [3.63, 3.8) is 0 Å². The summed E-state index contributed by atoms with van der Waals surface area (Å²) in [5.74, 6) is 0.810. The highest BCUT2D eigenvalue weighted by molar-refractivity contribution is 7.90. The predicted molar refractivity (Wildman–Crippen MR) is 66.6 cm³/mol. The van der Waals surface area contributed by atoms with E-state index in [0.29, 0.717) is 12.5 Å². The molecule has 1 aromatic rings. The van der Waals surface area contributed by atoms with Gasteiger partial charge in [-0.25, -0.2) is 8.42 Å². The van der Waals surface area contributed by atoms with Crippen LogP contribution in [0.4, 0.5) is 0 Å². The molecule has 0 aliphatic heterocycles. The average Bonchev–Trinajstić information content (AvgIpc) is 2.93. The molecule has 1 heterocycles. The molecule has 1 aliphatic rings. The molecule has 5 nitrogen and oxygen atoms in total. The molecule has 2 N–H and O–H groups in total. The highest BCUT2D eigenvalue weighted by atomic mass is 32.2. The summed E-state index contributed by atoms with van der Waals surface area (Å²) in [6, 6.07) is 2.02. The number of nitrogens with one attached hydrogen (secondary N) is 2. The van der Waals surface area contributed by atoms with Gasteiger partial charge in [0.1, 0.15) is 9.84 Å². The third-order valence-corrected chi connectivity index (χ3v) is 3.95. The Kier molecular flexibility index (Phi) is 3.53. The first-order valence-electron chi connectivity index (χ1n) is 5.89. The number of aromatic amines is 1. The third kappa shape index (κ3) is 4.12. The van der Waals surface area contributed by atoms with Crippen LogP contribution in [0, 0.1) is 0 Å². The molecule has 2 rings (SSSR count). The summed E-state index contributed by atoms with van der Waals surface area (Å²) in [6.45, 7) is 2.51. The predicted octanol–water partition coefficient (Wildman–Crippen LogP) is 0.810. The van der Waals surface area contributed by atoms with E-state index >= 15 is 0 Å². The fraction of sp³-hybridized carbons (Fsp3) is 0.727. The average molecular weight is 257 g/mol. The summed E-state index contributed by atoms with van der Waals surface area (Å²) in [4.78, 5) is 0. The van der Waals surface area contributed by atoms with Crippen molar-refractivity contribution >= 4 is 9.84 Å². The monoisotopic (exact) mass is 257 g/mol. The van der Waals surface area contributed by atoms with Crippen molar-refractivity contribution in [3.05, 3.63) is 17.5 Å². The van der Waals surface area contributed by atoms with Gasteiger partial charge in [-0.15, -0.1) is 0 Å². The quantitative estimate of drug-likeness (QED) is 0.791. The minimum absolute atomic E-state index is 0.0438. The lowest BCUT2D eigenvalue weighted by Crippen LogP contribution is -2.32. The lowest BCUT2D eigenvalue weighted by atomic mass is 10.2. The summed E-state index contributed by atoms with van der Waals surface area (Å²) in [5, 5.41) is 10.4. The van der Waals surface area contributed by atoms with Gasteiger partial charge in [-0.3, -0.25) is 5.10 Å². The fourth-order valence-electron chi connectivity index (χ4n) is 1.86. The van der Waals surface area contributed by atoms with E-state index in [4.69, 9.17) is 0 Å². The fourth-order valence-corrected chi connectivity index (χ4v) is 2.88. The molecule has 1 fully saturated rings. The van der Waals surface area contributed by atoms with E-state index < -0.39 is 9.84 Å². The van der Waals surface area contributed by atoms with Crippen molar-refractivity contribution in [1.82, 2.24) is 15.5 Å². The second-order valence-electron chi connectivity index (χ2n) is 4.97. The maximum atomic E-state index is 11.1. The minimum Gasteiger partial charge on any atom is -0.308 e. The lowest BCUT2D eigenvalue weighted by molar-refractivity contribution is 0.556. The maximum Gasteiger partial charge on any atom is 0.148 e. The van der Waals surface area contributed by atoms with Crippen LogP contribution in [0.15, 0.2) is 6.07 Å².